The largest absolute Gasteiger partial charge is 0.497 e. The van der Waals surface area contributed by atoms with Crippen LogP contribution in [0.15, 0.2) is 90.3 Å². The van der Waals surface area contributed by atoms with Crippen molar-refractivity contribution in [1.29, 1.82) is 0 Å². The minimum Gasteiger partial charge on any atom is -0.497 e. The molecule has 0 atom stereocenters. The molecule has 0 radical (unpaired) electrons. The average Bonchev–Trinajstić information content (AvgIpc) is 3.50. The van der Waals surface area contributed by atoms with Gasteiger partial charge in [0.15, 0.2) is 11.6 Å². The molecule has 1 amide bonds. The zero-order chi connectivity index (χ0) is 28.8. The molecule has 11 nitrogen and oxygen atoms in total. The first-order valence-electron chi connectivity index (χ1n) is 12.6. The Labute approximate surface area is 241 Å². The summed E-state index contributed by atoms with van der Waals surface area (Å²) in [5.74, 6) is 0.254. The molecule has 3 aromatic carbocycles. The third-order valence-electron chi connectivity index (χ3n) is 6.07. The summed E-state index contributed by atoms with van der Waals surface area (Å²) in [7, 11) is -2.64. The van der Waals surface area contributed by atoms with Crippen LogP contribution in [0.3, 0.4) is 0 Å². The molecule has 5 aromatic rings. The van der Waals surface area contributed by atoms with Crippen molar-refractivity contribution < 1.29 is 17.9 Å². The van der Waals surface area contributed by atoms with E-state index in [9.17, 15) is 13.2 Å². The molecule has 210 valence electrons. The van der Waals surface area contributed by atoms with Crippen molar-refractivity contribution in [2.24, 2.45) is 0 Å². The number of methoxy groups -OCH3 is 1. The summed E-state index contributed by atoms with van der Waals surface area (Å²) < 4.78 is 36.7. The van der Waals surface area contributed by atoms with Gasteiger partial charge in [-0.3, -0.25) is 9.52 Å². The first-order chi connectivity index (χ1) is 19.8. The average molecular weight is 592 g/mol. The highest BCUT2D eigenvalue weighted by atomic mass is 35.5. The zero-order valence-corrected chi connectivity index (χ0v) is 23.5. The lowest BCUT2D eigenvalue weighted by Crippen LogP contribution is -2.25. The van der Waals surface area contributed by atoms with Gasteiger partial charge in [0.25, 0.3) is 15.9 Å². The van der Waals surface area contributed by atoms with Crippen LogP contribution in [0.2, 0.25) is 5.02 Å². The van der Waals surface area contributed by atoms with Gasteiger partial charge in [0.2, 0.25) is 0 Å². The summed E-state index contributed by atoms with van der Waals surface area (Å²) in [6.45, 7) is 1.11. The molecule has 0 bridgehead atoms. The van der Waals surface area contributed by atoms with Gasteiger partial charge in [-0.1, -0.05) is 29.8 Å². The van der Waals surface area contributed by atoms with E-state index in [1.54, 1.807) is 61.1 Å². The molecule has 0 aliphatic rings. The normalized spacial score (nSPS) is 11.3. The number of hydrogen-bond donors (Lipinski definition) is 3. The number of hydrogen-bond acceptors (Lipinski definition) is 8. The number of carbonyl (C=O) groups is 1. The number of imidazole rings is 1. The van der Waals surface area contributed by atoms with Crippen molar-refractivity contribution in [2.75, 3.05) is 23.7 Å². The van der Waals surface area contributed by atoms with E-state index >= 15 is 0 Å². The molecule has 0 aliphatic heterocycles. The van der Waals surface area contributed by atoms with E-state index in [-0.39, 0.29) is 28.0 Å². The van der Waals surface area contributed by atoms with Crippen LogP contribution in [0.5, 0.6) is 5.75 Å². The lowest BCUT2D eigenvalue weighted by molar-refractivity contribution is 0.0952. The van der Waals surface area contributed by atoms with Gasteiger partial charge in [-0.15, -0.1) is 0 Å². The number of para-hydroxylation sites is 2. The first kappa shape index (κ1) is 27.9. The molecule has 0 aliphatic carbocycles. The Morgan fingerprint density at radius 2 is 1.78 bits per heavy atom. The fourth-order valence-corrected chi connectivity index (χ4v) is 5.21. The lowest BCUT2D eigenvalue weighted by Gasteiger charge is -2.15. The van der Waals surface area contributed by atoms with E-state index in [0.29, 0.717) is 47.0 Å². The molecule has 0 unspecified atom stereocenters. The summed E-state index contributed by atoms with van der Waals surface area (Å²) in [6, 6.07) is 17.9. The number of fused-ring (bicyclic) bond motifs is 1. The highest BCUT2D eigenvalue weighted by Gasteiger charge is 2.21. The van der Waals surface area contributed by atoms with Gasteiger partial charge in [-0.25, -0.2) is 23.4 Å². The number of amides is 1. The monoisotopic (exact) mass is 591 g/mol. The number of carbonyl (C=O) groups excluding carboxylic acids is 1. The van der Waals surface area contributed by atoms with Crippen molar-refractivity contribution in [2.45, 2.75) is 17.9 Å². The highest BCUT2D eigenvalue weighted by Crippen LogP contribution is 2.32. The van der Waals surface area contributed by atoms with E-state index in [1.807, 2.05) is 10.8 Å². The van der Waals surface area contributed by atoms with Crippen LogP contribution in [0.4, 0.5) is 17.3 Å². The number of benzene rings is 3. The zero-order valence-electron chi connectivity index (χ0n) is 21.9. The molecule has 0 saturated heterocycles. The van der Waals surface area contributed by atoms with Gasteiger partial charge in [0, 0.05) is 37.1 Å². The summed E-state index contributed by atoms with van der Waals surface area (Å²) in [5.41, 5.74) is 1.68. The van der Waals surface area contributed by atoms with Crippen LogP contribution in [-0.4, -0.2) is 47.5 Å². The molecule has 5 rings (SSSR count). The summed E-state index contributed by atoms with van der Waals surface area (Å²) >= 11 is 6.37. The van der Waals surface area contributed by atoms with Crippen LogP contribution in [0.1, 0.15) is 16.8 Å². The number of ether oxygens (including phenoxy) is 1. The van der Waals surface area contributed by atoms with Gasteiger partial charge in [0.1, 0.15) is 5.75 Å². The predicted octanol–water partition coefficient (Wildman–Crippen LogP) is 4.85. The number of halogens is 1. The third-order valence-corrected chi connectivity index (χ3v) is 7.74. The van der Waals surface area contributed by atoms with E-state index in [2.05, 4.69) is 30.3 Å². The number of aromatic nitrogens is 4. The second-order valence-corrected chi connectivity index (χ2v) is 11.0. The maximum absolute atomic E-state index is 13.5. The standard InChI is InChI=1S/C28H26ClN7O4S/c1-40-20-10-11-22(29)25(17-20)34-26-27(33-24-9-3-2-8-23(24)32-26)35-41(38,39)21-7-4-6-19(16-21)28(37)31-12-5-14-36-15-13-30-18-36/h2-4,6-11,13,15-18H,5,12,14H2,1H3,(H,31,37)(H,32,34)(H,33,35). The minimum absolute atomic E-state index is 0.0445. The highest BCUT2D eigenvalue weighted by molar-refractivity contribution is 7.92. The Morgan fingerprint density at radius 1 is 1.00 bits per heavy atom. The molecule has 0 saturated carbocycles. The van der Waals surface area contributed by atoms with E-state index in [1.165, 1.54) is 25.3 Å². The number of sulfonamides is 1. The molecular formula is C28H26ClN7O4S. The van der Waals surface area contributed by atoms with Crippen molar-refractivity contribution in [3.8, 4) is 5.75 Å². The predicted molar refractivity (Wildman–Crippen MR) is 157 cm³/mol. The Morgan fingerprint density at radius 3 is 2.51 bits per heavy atom. The maximum atomic E-state index is 13.5. The molecule has 0 spiro atoms. The van der Waals surface area contributed by atoms with E-state index in [0.717, 1.165) is 0 Å². The quantitative estimate of drug-likeness (QED) is 0.185. The van der Waals surface area contributed by atoms with Crippen molar-refractivity contribution in [3.63, 3.8) is 0 Å². The van der Waals surface area contributed by atoms with Crippen molar-refractivity contribution in [3.05, 3.63) is 96.0 Å². The minimum atomic E-state index is -4.17. The number of aryl methyl sites for hydroxylation is 1. The smallest absolute Gasteiger partial charge is 0.263 e. The molecular weight excluding hydrogens is 566 g/mol. The molecule has 13 heteroatoms. The fraction of sp³-hybridized carbons (Fsp3) is 0.143. The lowest BCUT2D eigenvalue weighted by atomic mass is 10.2. The Bertz CT molecular complexity index is 1800. The SMILES string of the molecule is COc1ccc(Cl)c(Nc2nc3ccccc3nc2NS(=O)(=O)c2cccc(C(=O)NCCCn3ccnc3)c2)c1. The number of nitrogens with zero attached hydrogens (tertiary/aromatic N) is 4. The van der Waals surface area contributed by atoms with Crippen LogP contribution < -0.4 is 20.1 Å². The second-order valence-electron chi connectivity index (χ2n) is 8.92. The molecule has 0 fully saturated rings. The maximum Gasteiger partial charge on any atom is 0.263 e. The summed E-state index contributed by atoms with van der Waals surface area (Å²) in [6.07, 6.45) is 5.93. The molecule has 3 N–H and O–H groups in total. The first-order valence-corrected chi connectivity index (χ1v) is 14.4. The van der Waals surface area contributed by atoms with E-state index in [4.69, 9.17) is 16.3 Å². The summed E-state index contributed by atoms with van der Waals surface area (Å²) in [5, 5.41) is 6.26. The van der Waals surface area contributed by atoms with E-state index < -0.39 is 10.0 Å². The number of anilines is 3. The van der Waals surface area contributed by atoms with Gasteiger partial charge < -0.3 is 19.9 Å². The van der Waals surface area contributed by atoms with Gasteiger partial charge in [-0.05, 0) is 48.9 Å². The Kier molecular flexibility index (Phi) is 8.31. The van der Waals surface area contributed by atoms with Gasteiger partial charge in [0.05, 0.1) is 40.1 Å². The van der Waals surface area contributed by atoms with Gasteiger partial charge in [-0.2, -0.15) is 0 Å². The van der Waals surface area contributed by atoms with Crippen LogP contribution in [-0.2, 0) is 16.6 Å². The van der Waals surface area contributed by atoms with Crippen LogP contribution >= 0.6 is 11.6 Å². The Balaban J connectivity index is 1.38. The number of nitrogens with one attached hydrogen (secondary N) is 3. The molecule has 2 heterocycles. The Hall–Kier alpha value is -4.68. The third kappa shape index (κ3) is 6.73. The molecule has 2 aromatic heterocycles. The fourth-order valence-electron chi connectivity index (χ4n) is 3.99. The molecule has 41 heavy (non-hydrogen) atoms. The van der Waals surface area contributed by atoms with Crippen LogP contribution in [0, 0.1) is 0 Å². The second kappa shape index (κ2) is 12.2. The van der Waals surface area contributed by atoms with Gasteiger partial charge >= 0.3 is 0 Å². The van der Waals surface area contributed by atoms with Crippen LogP contribution in [0.25, 0.3) is 11.0 Å². The summed E-state index contributed by atoms with van der Waals surface area (Å²) in [4.78, 5) is 25.7. The van der Waals surface area contributed by atoms with Crippen molar-refractivity contribution >= 4 is 55.9 Å². The topological polar surface area (TPSA) is 140 Å². The number of rotatable bonds is 11. The van der Waals surface area contributed by atoms with Crippen molar-refractivity contribution in [1.82, 2.24) is 24.8 Å².